The first-order valence-electron chi connectivity index (χ1n) is 10.3. The minimum atomic E-state index is -0.744. The van der Waals surface area contributed by atoms with Crippen LogP contribution < -0.4 is 9.47 Å². The Kier molecular flexibility index (Phi) is 7.31. The average molecular weight is 425 g/mol. The molecule has 3 rings (SSSR count). The van der Waals surface area contributed by atoms with Gasteiger partial charge in [-0.05, 0) is 36.2 Å². The van der Waals surface area contributed by atoms with E-state index < -0.39 is 17.7 Å². The zero-order valence-corrected chi connectivity index (χ0v) is 17.7. The van der Waals surface area contributed by atoms with Gasteiger partial charge in [0.05, 0.1) is 30.9 Å². The van der Waals surface area contributed by atoms with Crippen molar-refractivity contribution in [2.24, 2.45) is 0 Å². The standard InChI is InChI=1S/C24H27NO6/c1-3-12-25-21(16-8-6-9-17(15-16)31-14-7-13-26)20(23(28)24(25)29)22(27)18-10-4-5-11-19(18)30-2/h4-6,8-11,15,21,26-27H,3,7,12-14H2,1-2H3/b22-20-. The number of nitrogens with zero attached hydrogens (tertiary/aromatic N) is 1. The second-order valence-corrected chi connectivity index (χ2v) is 7.19. The first-order valence-corrected chi connectivity index (χ1v) is 10.3. The Morgan fingerprint density at radius 2 is 1.90 bits per heavy atom. The van der Waals surface area contributed by atoms with Crippen molar-refractivity contribution in [1.29, 1.82) is 0 Å². The van der Waals surface area contributed by atoms with Crippen LogP contribution in [0.25, 0.3) is 5.76 Å². The molecular weight excluding hydrogens is 398 g/mol. The quantitative estimate of drug-likeness (QED) is 0.277. The van der Waals surface area contributed by atoms with Crippen LogP contribution in [-0.4, -0.2) is 53.7 Å². The van der Waals surface area contributed by atoms with Crippen molar-refractivity contribution in [2.45, 2.75) is 25.8 Å². The average Bonchev–Trinajstić information content (AvgIpc) is 3.04. The number of benzene rings is 2. The van der Waals surface area contributed by atoms with Crippen LogP contribution in [0.5, 0.6) is 11.5 Å². The molecular formula is C24H27NO6. The second-order valence-electron chi connectivity index (χ2n) is 7.19. The highest BCUT2D eigenvalue weighted by Crippen LogP contribution is 2.41. The molecule has 1 fully saturated rings. The second kappa shape index (κ2) is 10.1. The van der Waals surface area contributed by atoms with Gasteiger partial charge in [-0.25, -0.2) is 0 Å². The van der Waals surface area contributed by atoms with Gasteiger partial charge in [0.15, 0.2) is 0 Å². The van der Waals surface area contributed by atoms with Crippen LogP contribution in [0.1, 0.15) is 36.9 Å². The molecule has 1 aliphatic rings. The van der Waals surface area contributed by atoms with E-state index in [-0.39, 0.29) is 17.9 Å². The van der Waals surface area contributed by atoms with Gasteiger partial charge in [-0.2, -0.15) is 0 Å². The van der Waals surface area contributed by atoms with Gasteiger partial charge in [0.2, 0.25) is 0 Å². The largest absolute Gasteiger partial charge is 0.507 e. The summed E-state index contributed by atoms with van der Waals surface area (Å²) >= 11 is 0. The van der Waals surface area contributed by atoms with Crippen LogP contribution in [0.15, 0.2) is 54.1 Å². The maximum absolute atomic E-state index is 13.0. The summed E-state index contributed by atoms with van der Waals surface area (Å²) in [6, 6.07) is 13.2. The van der Waals surface area contributed by atoms with E-state index in [0.717, 1.165) is 0 Å². The molecule has 1 heterocycles. The normalized spacial score (nSPS) is 17.8. The molecule has 7 nitrogen and oxygen atoms in total. The van der Waals surface area contributed by atoms with Gasteiger partial charge in [-0.15, -0.1) is 0 Å². The number of hydrogen-bond acceptors (Lipinski definition) is 6. The number of likely N-dealkylation sites (tertiary alicyclic amines) is 1. The monoisotopic (exact) mass is 425 g/mol. The predicted octanol–water partition coefficient (Wildman–Crippen LogP) is 3.29. The Morgan fingerprint density at radius 1 is 1.13 bits per heavy atom. The minimum Gasteiger partial charge on any atom is -0.507 e. The molecule has 1 aliphatic heterocycles. The number of amides is 1. The molecule has 1 saturated heterocycles. The molecule has 0 saturated carbocycles. The first-order chi connectivity index (χ1) is 15.0. The van der Waals surface area contributed by atoms with Gasteiger partial charge in [-0.1, -0.05) is 31.2 Å². The van der Waals surface area contributed by atoms with Crippen molar-refractivity contribution in [3.05, 3.63) is 65.2 Å². The smallest absolute Gasteiger partial charge is 0.295 e. The number of ketones is 1. The molecule has 0 aromatic heterocycles. The zero-order valence-electron chi connectivity index (χ0n) is 17.7. The van der Waals surface area contributed by atoms with Crippen LogP contribution in [0.4, 0.5) is 0 Å². The molecule has 0 bridgehead atoms. The molecule has 0 aliphatic carbocycles. The van der Waals surface area contributed by atoms with Gasteiger partial charge in [0.1, 0.15) is 17.3 Å². The molecule has 2 aromatic rings. The molecule has 31 heavy (non-hydrogen) atoms. The van der Waals surface area contributed by atoms with E-state index in [1.807, 2.05) is 6.92 Å². The lowest BCUT2D eigenvalue weighted by molar-refractivity contribution is -0.139. The number of para-hydroxylation sites is 1. The predicted molar refractivity (Wildman–Crippen MR) is 116 cm³/mol. The van der Waals surface area contributed by atoms with E-state index in [9.17, 15) is 14.7 Å². The number of aliphatic hydroxyl groups excluding tert-OH is 2. The van der Waals surface area contributed by atoms with E-state index in [4.69, 9.17) is 14.6 Å². The summed E-state index contributed by atoms with van der Waals surface area (Å²) in [5.41, 5.74) is 1.03. The molecule has 0 spiro atoms. The Morgan fingerprint density at radius 3 is 2.61 bits per heavy atom. The SMILES string of the molecule is CCCN1C(=O)C(=O)/C(=C(\O)c2ccccc2OC)C1c1cccc(OCCCO)c1. The first kappa shape index (κ1) is 22.4. The van der Waals surface area contributed by atoms with E-state index in [2.05, 4.69) is 0 Å². The third-order valence-electron chi connectivity index (χ3n) is 5.11. The van der Waals surface area contributed by atoms with Crippen LogP contribution in [0.2, 0.25) is 0 Å². The van der Waals surface area contributed by atoms with Crippen molar-refractivity contribution in [2.75, 3.05) is 26.9 Å². The highest BCUT2D eigenvalue weighted by Gasteiger charge is 2.46. The number of rotatable bonds is 9. The minimum absolute atomic E-state index is 0.0231. The number of Topliss-reactive ketones (excluding diaryl/α,β-unsaturated/α-hetero) is 1. The zero-order chi connectivity index (χ0) is 22.4. The molecule has 0 radical (unpaired) electrons. The number of carbonyl (C=O) groups excluding carboxylic acids is 2. The number of carbonyl (C=O) groups is 2. The molecule has 7 heteroatoms. The van der Waals surface area contributed by atoms with Crippen LogP contribution in [0, 0.1) is 0 Å². The van der Waals surface area contributed by atoms with Crippen molar-refractivity contribution in [1.82, 2.24) is 4.90 Å². The van der Waals surface area contributed by atoms with Gasteiger partial charge in [0.25, 0.3) is 11.7 Å². The fraction of sp³-hybridized carbons (Fsp3) is 0.333. The molecule has 1 unspecified atom stereocenters. The van der Waals surface area contributed by atoms with Crippen molar-refractivity contribution >= 4 is 17.4 Å². The van der Waals surface area contributed by atoms with E-state index in [0.29, 0.717) is 48.6 Å². The lowest BCUT2D eigenvalue weighted by Crippen LogP contribution is -2.30. The third kappa shape index (κ3) is 4.56. The van der Waals surface area contributed by atoms with E-state index in [1.165, 1.54) is 12.0 Å². The summed E-state index contributed by atoms with van der Waals surface area (Å²) in [5, 5.41) is 20.1. The lowest BCUT2D eigenvalue weighted by atomic mass is 9.95. The number of methoxy groups -OCH3 is 1. The summed E-state index contributed by atoms with van der Waals surface area (Å²) in [6.45, 7) is 2.66. The fourth-order valence-corrected chi connectivity index (χ4v) is 3.71. The van der Waals surface area contributed by atoms with Gasteiger partial charge >= 0.3 is 0 Å². The molecule has 2 N–H and O–H groups in total. The third-order valence-corrected chi connectivity index (χ3v) is 5.11. The Balaban J connectivity index is 2.12. The summed E-state index contributed by atoms with van der Waals surface area (Å²) in [5.74, 6) is -0.679. The van der Waals surface area contributed by atoms with Crippen molar-refractivity contribution < 1.29 is 29.3 Å². The Labute approximate surface area is 181 Å². The van der Waals surface area contributed by atoms with Gasteiger partial charge in [0, 0.05) is 19.6 Å². The Bertz CT molecular complexity index is 984. The number of hydrogen-bond donors (Lipinski definition) is 2. The molecule has 2 aromatic carbocycles. The summed E-state index contributed by atoms with van der Waals surface area (Å²) in [7, 11) is 1.48. The summed E-state index contributed by atoms with van der Waals surface area (Å²) in [4.78, 5) is 27.3. The van der Waals surface area contributed by atoms with Gasteiger partial charge < -0.3 is 24.6 Å². The van der Waals surface area contributed by atoms with Crippen molar-refractivity contribution in [3.8, 4) is 11.5 Å². The maximum Gasteiger partial charge on any atom is 0.295 e. The lowest BCUT2D eigenvalue weighted by Gasteiger charge is -2.25. The van der Waals surface area contributed by atoms with E-state index in [1.54, 1.807) is 48.5 Å². The van der Waals surface area contributed by atoms with Crippen LogP contribution >= 0.6 is 0 Å². The molecule has 1 amide bonds. The van der Waals surface area contributed by atoms with Crippen LogP contribution in [-0.2, 0) is 9.59 Å². The summed E-state index contributed by atoms with van der Waals surface area (Å²) in [6.07, 6.45) is 1.15. The number of aliphatic hydroxyl groups is 2. The van der Waals surface area contributed by atoms with Crippen molar-refractivity contribution in [3.63, 3.8) is 0 Å². The maximum atomic E-state index is 13.0. The molecule has 164 valence electrons. The highest BCUT2D eigenvalue weighted by atomic mass is 16.5. The highest BCUT2D eigenvalue weighted by molar-refractivity contribution is 6.46. The van der Waals surface area contributed by atoms with Crippen LogP contribution in [0.3, 0.4) is 0 Å². The fourth-order valence-electron chi connectivity index (χ4n) is 3.71. The number of ether oxygens (including phenoxy) is 2. The van der Waals surface area contributed by atoms with E-state index >= 15 is 0 Å². The summed E-state index contributed by atoms with van der Waals surface area (Å²) < 4.78 is 11.0. The van der Waals surface area contributed by atoms with Gasteiger partial charge in [-0.3, -0.25) is 9.59 Å². The molecule has 1 atom stereocenters. The topological polar surface area (TPSA) is 96.3 Å². The Hall–Kier alpha value is -3.32.